The number of hydrogen-bond acceptors (Lipinski definition) is 4. The van der Waals surface area contributed by atoms with Crippen molar-refractivity contribution in [2.45, 2.75) is 6.61 Å². The number of nitrogens with one attached hydrogen (secondary N) is 1. The third-order valence-corrected chi connectivity index (χ3v) is 3.44. The van der Waals surface area contributed by atoms with E-state index in [0.29, 0.717) is 0 Å². The lowest BCUT2D eigenvalue weighted by molar-refractivity contribution is -0.142. The Labute approximate surface area is 157 Å². The summed E-state index contributed by atoms with van der Waals surface area (Å²) >= 11 is 5.81. The summed E-state index contributed by atoms with van der Waals surface area (Å²) in [6, 6.07) is 9.57. The number of alkyl halides is 2. The van der Waals surface area contributed by atoms with Crippen LogP contribution in [0.3, 0.4) is 0 Å². The molecule has 0 saturated carbocycles. The highest BCUT2D eigenvalue weighted by molar-refractivity contribution is 6.32. The molecule has 0 bridgehead atoms. The molecule has 0 saturated heterocycles. The molecule has 0 spiro atoms. The summed E-state index contributed by atoms with van der Waals surface area (Å²) < 4.78 is 47.2. The van der Waals surface area contributed by atoms with Crippen LogP contribution in [0.1, 0.15) is 5.56 Å². The Kier molecular flexibility index (Phi) is 7.25. The molecule has 0 aliphatic rings. The number of para-hydroxylation sites is 2. The van der Waals surface area contributed by atoms with Gasteiger partial charge in [0.2, 0.25) is 0 Å². The Morgan fingerprint density at radius 3 is 2.59 bits per heavy atom. The van der Waals surface area contributed by atoms with Crippen LogP contribution in [0.25, 0.3) is 6.08 Å². The Hall–Kier alpha value is -3.00. The van der Waals surface area contributed by atoms with Gasteiger partial charge in [-0.2, -0.15) is 8.78 Å². The highest BCUT2D eigenvalue weighted by Crippen LogP contribution is 2.25. The Morgan fingerprint density at radius 2 is 1.89 bits per heavy atom. The summed E-state index contributed by atoms with van der Waals surface area (Å²) in [5.74, 6) is -2.55. The minimum atomic E-state index is -3.06. The van der Waals surface area contributed by atoms with E-state index in [4.69, 9.17) is 16.3 Å². The van der Waals surface area contributed by atoms with E-state index in [0.717, 1.165) is 12.2 Å². The van der Waals surface area contributed by atoms with Gasteiger partial charge in [-0.15, -0.1) is 0 Å². The smallest absolute Gasteiger partial charge is 0.387 e. The molecular weight excluding hydrogens is 387 g/mol. The van der Waals surface area contributed by atoms with E-state index < -0.39 is 30.9 Å². The van der Waals surface area contributed by atoms with Gasteiger partial charge in [-0.25, -0.2) is 9.18 Å². The van der Waals surface area contributed by atoms with Crippen LogP contribution in [0, 0.1) is 5.82 Å². The molecule has 0 aliphatic carbocycles. The van der Waals surface area contributed by atoms with Gasteiger partial charge in [-0.3, -0.25) is 4.79 Å². The minimum Gasteiger partial charge on any atom is -0.452 e. The normalized spacial score (nSPS) is 10.9. The summed E-state index contributed by atoms with van der Waals surface area (Å²) in [4.78, 5) is 23.4. The van der Waals surface area contributed by atoms with Crippen molar-refractivity contribution in [2.24, 2.45) is 0 Å². The van der Waals surface area contributed by atoms with Crippen LogP contribution < -0.4 is 10.1 Å². The van der Waals surface area contributed by atoms with Crippen LogP contribution in [0.4, 0.5) is 18.9 Å². The SMILES string of the molecule is O=C(COC(=O)/C=C/c1c(F)cccc1Cl)Nc1ccccc1OC(F)F. The molecule has 9 heteroatoms. The van der Waals surface area contributed by atoms with Gasteiger partial charge in [0, 0.05) is 11.6 Å². The van der Waals surface area contributed by atoms with Crippen molar-refractivity contribution < 1.29 is 32.2 Å². The zero-order chi connectivity index (χ0) is 19.8. The molecule has 0 unspecified atom stereocenters. The molecule has 0 aliphatic heterocycles. The highest BCUT2D eigenvalue weighted by atomic mass is 35.5. The molecule has 2 rings (SSSR count). The fourth-order valence-corrected chi connectivity index (χ4v) is 2.19. The Bertz CT molecular complexity index is 838. The van der Waals surface area contributed by atoms with Gasteiger partial charge < -0.3 is 14.8 Å². The number of ether oxygens (including phenoxy) is 2. The van der Waals surface area contributed by atoms with Crippen molar-refractivity contribution in [3.05, 3.63) is 64.9 Å². The number of amides is 1. The van der Waals surface area contributed by atoms with Crippen LogP contribution in [-0.2, 0) is 14.3 Å². The molecule has 0 radical (unpaired) electrons. The van der Waals surface area contributed by atoms with E-state index >= 15 is 0 Å². The summed E-state index contributed by atoms with van der Waals surface area (Å²) in [6.07, 6.45) is 2.02. The average Bonchev–Trinajstić information content (AvgIpc) is 2.61. The zero-order valence-electron chi connectivity index (χ0n) is 13.6. The van der Waals surface area contributed by atoms with Gasteiger partial charge in [-0.1, -0.05) is 29.8 Å². The topological polar surface area (TPSA) is 64.6 Å². The number of carbonyl (C=O) groups is 2. The average molecular weight is 400 g/mol. The monoisotopic (exact) mass is 399 g/mol. The second kappa shape index (κ2) is 9.63. The molecule has 2 aromatic rings. The first kappa shape index (κ1) is 20.3. The first-order chi connectivity index (χ1) is 12.9. The summed E-state index contributed by atoms with van der Waals surface area (Å²) in [5.41, 5.74) is -0.00817. The van der Waals surface area contributed by atoms with E-state index in [-0.39, 0.29) is 22.0 Å². The van der Waals surface area contributed by atoms with Crippen LogP contribution in [0.15, 0.2) is 48.5 Å². The van der Waals surface area contributed by atoms with E-state index in [1.807, 2.05) is 0 Å². The Balaban J connectivity index is 1.90. The summed E-state index contributed by atoms with van der Waals surface area (Å²) in [6.45, 7) is -3.74. The molecule has 1 N–H and O–H groups in total. The van der Waals surface area contributed by atoms with Crippen LogP contribution in [0.5, 0.6) is 5.75 Å². The van der Waals surface area contributed by atoms with Gasteiger partial charge in [0.05, 0.1) is 10.7 Å². The first-order valence-electron chi connectivity index (χ1n) is 7.49. The number of hydrogen-bond donors (Lipinski definition) is 1. The van der Waals surface area contributed by atoms with Gasteiger partial charge in [0.1, 0.15) is 11.6 Å². The second-order valence-corrected chi connectivity index (χ2v) is 5.41. The molecule has 5 nitrogen and oxygen atoms in total. The lowest BCUT2D eigenvalue weighted by atomic mass is 10.2. The molecule has 142 valence electrons. The Morgan fingerprint density at radius 1 is 1.15 bits per heavy atom. The van der Waals surface area contributed by atoms with Crippen LogP contribution in [0.2, 0.25) is 5.02 Å². The van der Waals surface area contributed by atoms with E-state index in [2.05, 4.69) is 10.1 Å². The maximum absolute atomic E-state index is 13.6. The van der Waals surface area contributed by atoms with Crippen molar-refractivity contribution in [3.63, 3.8) is 0 Å². The van der Waals surface area contributed by atoms with Crippen molar-refractivity contribution in [3.8, 4) is 5.75 Å². The van der Waals surface area contributed by atoms with Crippen molar-refractivity contribution in [1.29, 1.82) is 0 Å². The number of carbonyl (C=O) groups excluding carboxylic acids is 2. The van der Waals surface area contributed by atoms with Crippen molar-refractivity contribution in [2.75, 3.05) is 11.9 Å². The third-order valence-electron chi connectivity index (χ3n) is 3.11. The number of benzene rings is 2. The van der Waals surface area contributed by atoms with Gasteiger partial charge in [0.15, 0.2) is 6.61 Å². The van der Waals surface area contributed by atoms with Gasteiger partial charge in [0.25, 0.3) is 5.91 Å². The van der Waals surface area contributed by atoms with E-state index in [1.165, 1.54) is 42.5 Å². The lowest BCUT2D eigenvalue weighted by Gasteiger charge is -2.11. The first-order valence-corrected chi connectivity index (χ1v) is 7.87. The number of rotatable bonds is 7. The van der Waals surface area contributed by atoms with Crippen LogP contribution in [-0.4, -0.2) is 25.1 Å². The van der Waals surface area contributed by atoms with Gasteiger partial charge >= 0.3 is 12.6 Å². The second-order valence-electron chi connectivity index (χ2n) is 5.00. The highest BCUT2D eigenvalue weighted by Gasteiger charge is 2.12. The molecule has 0 atom stereocenters. The largest absolute Gasteiger partial charge is 0.452 e. The molecule has 27 heavy (non-hydrogen) atoms. The van der Waals surface area contributed by atoms with Crippen LogP contribution >= 0.6 is 11.6 Å². The van der Waals surface area contributed by atoms with E-state index in [9.17, 15) is 22.8 Å². The fourth-order valence-electron chi connectivity index (χ4n) is 1.96. The number of halogens is 4. The maximum Gasteiger partial charge on any atom is 0.387 e. The van der Waals surface area contributed by atoms with E-state index in [1.54, 1.807) is 0 Å². The molecular formula is C18H13ClF3NO4. The summed E-state index contributed by atoms with van der Waals surface area (Å²) in [5, 5.41) is 2.39. The predicted molar refractivity (Wildman–Crippen MR) is 93.1 cm³/mol. The lowest BCUT2D eigenvalue weighted by Crippen LogP contribution is -2.20. The standard InChI is InChI=1S/C18H13ClF3NO4/c19-12-4-3-5-13(20)11(12)8-9-17(25)26-10-16(24)23-14-6-1-2-7-15(14)27-18(21)22/h1-9,18H,10H2,(H,23,24)/b9-8+. The molecule has 0 heterocycles. The summed E-state index contributed by atoms with van der Waals surface area (Å²) in [7, 11) is 0. The number of anilines is 1. The maximum atomic E-state index is 13.6. The quantitative estimate of drug-likeness (QED) is 0.557. The molecule has 1 amide bonds. The zero-order valence-corrected chi connectivity index (χ0v) is 14.4. The van der Waals surface area contributed by atoms with Crippen molar-refractivity contribution >= 4 is 35.2 Å². The molecule has 0 aromatic heterocycles. The molecule has 2 aromatic carbocycles. The fraction of sp³-hybridized carbons (Fsp3) is 0.111. The van der Waals surface area contributed by atoms with Crippen molar-refractivity contribution in [1.82, 2.24) is 0 Å². The van der Waals surface area contributed by atoms with Gasteiger partial charge in [-0.05, 0) is 30.3 Å². The third kappa shape index (κ3) is 6.34. The number of esters is 1. The minimum absolute atomic E-state index is 0.00126. The predicted octanol–water partition coefficient (Wildman–Crippen LogP) is 4.28. The molecule has 0 fully saturated rings.